The fourth-order valence-corrected chi connectivity index (χ4v) is 2.67. The second-order valence-electron chi connectivity index (χ2n) is 5.42. The molecule has 1 aliphatic rings. The zero-order valence-corrected chi connectivity index (χ0v) is 13.2. The zero-order valence-electron chi connectivity index (χ0n) is 12.5. The number of benzene rings is 2. The Morgan fingerprint density at radius 1 is 1.32 bits per heavy atom. The molecule has 114 valence electrons. The van der Waals surface area contributed by atoms with E-state index in [0.717, 1.165) is 17.0 Å². The lowest BCUT2D eigenvalue weighted by Gasteiger charge is -2.33. The summed E-state index contributed by atoms with van der Waals surface area (Å²) in [6, 6.07) is 12.8. The Labute approximate surface area is 134 Å². The molecule has 5 heteroatoms. The van der Waals surface area contributed by atoms with Gasteiger partial charge in [0.25, 0.3) is 0 Å². The van der Waals surface area contributed by atoms with Crippen LogP contribution in [0.4, 0.5) is 16.2 Å². The maximum Gasteiger partial charge on any atom is 0.326 e. The summed E-state index contributed by atoms with van der Waals surface area (Å²) in [5.74, 6) is 0.721. The average Bonchev–Trinajstić information content (AvgIpc) is 2.49. The van der Waals surface area contributed by atoms with E-state index in [0.29, 0.717) is 17.3 Å². The fraction of sp³-hybridized carbons (Fsp3) is 0.235. The quantitative estimate of drug-likeness (QED) is 0.843. The highest BCUT2D eigenvalue weighted by molar-refractivity contribution is 6.33. The molecule has 2 aromatic rings. The van der Waals surface area contributed by atoms with E-state index in [1.165, 1.54) is 0 Å². The first-order valence-corrected chi connectivity index (χ1v) is 7.53. The van der Waals surface area contributed by atoms with Crippen LogP contribution in [0.5, 0.6) is 5.75 Å². The Balaban J connectivity index is 1.90. The van der Waals surface area contributed by atoms with Crippen molar-refractivity contribution in [3.63, 3.8) is 0 Å². The molecule has 2 amide bonds. The Hall–Kier alpha value is -2.20. The molecule has 22 heavy (non-hydrogen) atoms. The van der Waals surface area contributed by atoms with Crippen LogP contribution in [0, 0.1) is 6.92 Å². The monoisotopic (exact) mass is 316 g/mol. The van der Waals surface area contributed by atoms with Crippen LogP contribution in [0.1, 0.15) is 12.5 Å². The van der Waals surface area contributed by atoms with E-state index in [2.05, 4.69) is 5.32 Å². The molecular weight excluding hydrogens is 300 g/mol. The molecular formula is C17H17ClN2O2. The lowest BCUT2D eigenvalue weighted by atomic mass is 10.1. The number of nitrogens with one attached hydrogen (secondary N) is 1. The molecule has 0 spiro atoms. The summed E-state index contributed by atoms with van der Waals surface area (Å²) in [5.41, 5.74) is 2.46. The molecule has 0 radical (unpaired) electrons. The van der Waals surface area contributed by atoms with E-state index in [1.807, 2.05) is 44.2 Å². The summed E-state index contributed by atoms with van der Waals surface area (Å²) in [6.45, 7) is 4.42. The van der Waals surface area contributed by atoms with Gasteiger partial charge >= 0.3 is 6.03 Å². The molecule has 4 nitrogen and oxygen atoms in total. The van der Waals surface area contributed by atoms with E-state index < -0.39 is 0 Å². The molecule has 0 saturated carbocycles. The smallest absolute Gasteiger partial charge is 0.326 e. The SMILES string of the molecule is Cc1ccc2c(c1)N(C(=O)Nc1ccccc1Cl)CC(C)O2. The summed E-state index contributed by atoms with van der Waals surface area (Å²) < 4.78 is 5.79. The Kier molecular flexibility index (Phi) is 3.94. The van der Waals surface area contributed by atoms with Gasteiger partial charge in [0.1, 0.15) is 11.9 Å². The van der Waals surface area contributed by atoms with Crippen molar-refractivity contribution in [2.45, 2.75) is 20.0 Å². The van der Waals surface area contributed by atoms with Gasteiger partial charge in [0.05, 0.1) is 22.9 Å². The number of nitrogens with zero attached hydrogens (tertiary/aromatic N) is 1. The van der Waals surface area contributed by atoms with E-state index in [4.69, 9.17) is 16.3 Å². The average molecular weight is 317 g/mol. The van der Waals surface area contributed by atoms with Crippen molar-refractivity contribution in [2.24, 2.45) is 0 Å². The van der Waals surface area contributed by atoms with E-state index in [9.17, 15) is 4.79 Å². The van der Waals surface area contributed by atoms with Gasteiger partial charge in [-0.15, -0.1) is 0 Å². The van der Waals surface area contributed by atoms with Crippen molar-refractivity contribution < 1.29 is 9.53 Å². The summed E-state index contributed by atoms with van der Waals surface area (Å²) >= 11 is 6.10. The molecule has 1 heterocycles. The zero-order chi connectivity index (χ0) is 15.7. The number of hydrogen-bond acceptors (Lipinski definition) is 2. The molecule has 0 fully saturated rings. The van der Waals surface area contributed by atoms with Crippen molar-refractivity contribution in [3.05, 3.63) is 53.1 Å². The van der Waals surface area contributed by atoms with Gasteiger partial charge < -0.3 is 10.1 Å². The molecule has 1 aliphatic heterocycles. The number of anilines is 2. The minimum atomic E-state index is -0.213. The Morgan fingerprint density at radius 2 is 2.09 bits per heavy atom. The number of fused-ring (bicyclic) bond motifs is 1. The number of urea groups is 1. The van der Waals surface area contributed by atoms with Crippen LogP contribution in [0.2, 0.25) is 5.02 Å². The molecule has 1 atom stereocenters. The Morgan fingerprint density at radius 3 is 2.86 bits per heavy atom. The van der Waals surface area contributed by atoms with Gasteiger partial charge in [0, 0.05) is 0 Å². The molecule has 3 rings (SSSR count). The lowest BCUT2D eigenvalue weighted by molar-refractivity contribution is 0.208. The number of amides is 2. The predicted octanol–water partition coefficient (Wildman–Crippen LogP) is 4.47. The van der Waals surface area contributed by atoms with E-state index in [-0.39, 0.29) is 12.1 Å². The highest BCUT2D eigenvalue weighted by atomic mass is 35.5. The second kappa shape index (κ2) is 5.89. The first-order chi connectivity index (χ1) is 10.5. The van der Waals surface area contributed by atoms with Crippen molar-refractivity contribution in [2.75, 3.05) is 16.8 Å². The molecule has 0 bridgehead atoms. The predicted molar refractivity (Wildman–Crippen MR) is 89.1 cm³/mol. The highest BCUT2D eigenvalue weighted by Gasteiger charge is 2.28. The maximum absolute atomic E-state index is 12.6. The third-order valence-electron chi connectivity index (χ3n) is 3.53. The summed E-state index contributed by atoms with van der Waals surface area (Å²) in [5, 5.41) is 3.38. The number of ether oxygens (including phenoxy) is 1. The molecule has 0 aliphatic carbocycles. The minimum absolute atomic E-state index is 0.0628. The highest BCUT2D eigenvalue weighted by Crippen LogP contribution is 2.34. The molecule has 0 aromatic heterocycles. The van der Waals surface area contributed by atoms with Crippen molar-refractivity contribution in [3.8, 4) is 5.75 Å². The van der Waals surface area contributed by atoms with Crippen LogP contribution >= 0.6 is 11.6 Å². The topological polar surface area (TPSA) is 41.6 Å². The third-order valence-corrected chi connectivity index (χ3v) is 3.86. The number of rotatable bonds is 1. The summed E-state index contributed by atoms with van der Waals surface area (Å²) in [6.07, 6.45) is -0.0628. The first-order valence-electron chi connectivity index (χ1n) is 7.15. The maximum atomic E-state index is 12.6. The van der Waals surface area contributed by atoms with Crippen molar-refractivity contribution in [1.29, 1.82) is 0 Å². The number of hydrogen-bond donors (Lipinski definition) is 1. The van der Waals surface area contributed by atoms with Crippen LogP contribution in [0.3, 0.4) is 0 Å². The number of halogens is 1. The number of carbonyl (C=O) groups is 1. The van der Waals surface area contributed by atoms with Gasteiger partial charge in [0.2, 0.25) is 0 Å². The molecule has 2 aromatic carbocycles. The first kappa shape index (κ1) is 14.7. The normalized spacial score (nSPS) is 16.7. The Bertz CT molecular complexity index is 718. The summed E-state index contributed by atoms with van der Waals surface area (Å²) in [7, 11) is 0. The number of para-hydroxylation sites is 1. The third kappa shape index (κ3) is 2.88. The van der Waals surface area contributed by atoms with Crippen molar-refractivity contribution >= 4 is 29.0 Å². The standard InChI is InChI=1S/C17H17ClN2O2/c1-11-7-8-16-15(9-11)20(10-12(2)22-16)17(21)19-14-6-4-3-5-13(14)18/h3-9,12H,10H2,1-2H3,(H,19,21). The molecule has 1 unspecified atom stereocenters. The van der Waals surface area contributed by atoms with Crippen LogP contribution in [-0.2, 0) is 0 Å². The van der Waals surface area contributed by atoms with Gasteiger partial charge in [-0.3, -0.25) is 4.90 Å². The van der Waals surface area contributed by atoms with Crippen LogP contribution in [0.15, 0.2) is 42.5 Å². The van der Waals surface area contributed by atoms with Gasteiger partial charge in [-0.2, -0.15) is 0 Å². The van der Waals surface area contributed by atoms with E-state index >= 15 is 0 Å². The van der Waals surface area contributed by atoms with Gasteiger partial charge in [-0.05, 0) is 43.7 Å². The minimum Gasteiger partial charge on any atom is -0.487 e. The second-order valence-corrected chi connectivity index (χ2v) is 5.83. The van der Waals surface area contributed by atoms with Crippen LogP contribution in [-0.4, -0.2) is 18.7 Å². The summed E-state index contributed by atoms with van der Waals surface area (Å²) in [4.78, 5) is 14.3. The number of carbonyl (C=O) groups excluding carboxylic acids is 1. The van der Waals surface area contributed by atoms with Gasteiger partial charge in [0.15, 0.2) is 0 Å². The number of aryl methyl sites for hydroxylation is 1. The largest absolute Gasteiger partial charge is 0.487 e. The van der Waals surface area contributed by atoms with Crippen LogP contribution in [0.25, 0.3) is 0 Å². The van der Waals surface area contributed by atoms with E-state index in [1.54, 1.807) is 17.0 Å². The molecule has 1 N–H and O–H groups in total. The van der Waals surface area contributed by atoms with Gasteiger partial charge in [-0.25, -0.2) is 4.79 Å². The lowest BCUT2D eigenvalue weighted by Crippen LogP contribution is -2.44. The molecule has 0 saturated heterocycles. The fourth-order valence-electron chi connectivity index (χ4n) is 2.49. The van der Waals surface area contributed by atoms with Crippen LogP contribution < -0.4 is 15.0 Å². The van der Waals surface area contributed by atoms with Crippen molar-refractivity contribution in [1.82, 2.24) is 0 Å². The van der Waals surface area contributed by atoms with Gasteiger partial charge in [-0.1, -0.05) is 29.8 Å².